The number of nitrogens with zero attached hydrogens (tertiary/aromatic N) is 4. The molecule has 7 heteroatoms. The molecule has 2 heterocycles. The second kappa shape index (κ2) is 6.95. The Balaban J connectivity index is 1.95. The first-order chi connectivity index (χ1) is 13.2. The molecule has 0 bridgehead atoms. The van der Waals surface area contributed by atoms with E-state index in [1.807, 2.05) is 18.2 Å². The molecule has 0 spiro atoms. The highest BCUT2D eigenvalue weighted by Crippen LogP contribution is 2.33. The van der Waals surface area contributed by atoms with E-state index >= 15 is 4.39 Å². The number of fused-ring (bicyclic) bond motifs is 1. The van der Waals surface area contributed by atoms with Crippen LogP contribution in [0.1, 0.15) is 0 Å². The van der Waals surface area contributed by atoms with Gasteiger partial charge in [-0.1, -0.05) is 18.2 Å². The largest absolute Gasteiger partial charge is 0.497 e. The lowest BCUT2D eigenvalue weighted by Crippen LogP contribution is -2.02. The van der Waals surface area contributed by atoms with Crippen molar-refractivity contribution in [2.45, 2.75) is 0 Å². The maximum Gasteiger partial charge on any atom is 0.182 e. The summed E-state index contributed by atoms with van der Waals surface area (Å²) in [5.74, 6) is 1.06. The first-order valence-electron chi connectivity index (χ1n) is 8.30. The Morgan fingerprint density at radius 2 is 1.96 bits per heavy atom. The van der Waals surface area contributed by atoms with Crippen molar-refractivity contribution in [3.8, 4) is 28.4 Å². The van der Waals surface area contributed by atoms with Gasteiger partial charge in [-0.15, -0.1) is 0 Å². The normalized spacial score (nSPS) is 10.8. The van der Waals surface area contributed by atoms with Crippen LogP contribution in [-0.2, 0) is 0 Å². The quantitative estimate of drug-likeness (QED) is 0.593. The van der Waals surface area contributed by atoms with Crippen LogP contribution in [0.3, 0.4) is 0 Å². The molecule has 0 unspecified atom stereocenters. The number of halogens is 1. The number of nitrogens with one attached hydrogen (secondary N) is 1. The summed E-state index contributed by atoms with van der Waals surface area (Å²) in [6, 6.07) is 10.8. The third-order valence-corrected chi connectivity index (χ3v) is 4.22. The van der Waals surface area contributed by atoms with E-state index < -0.39 is 5.82 Å². The SMILES string of the molecule is CNc1nc(-c2cnccn2)nc2c(F)c(-c3cccc(OC)c3)ccc12. The first-order valence-corrected chi connectivity index (χ1v) is 8.30. The van der Waals surface area contributed by atoms with Gasteiger partial charge in [0.05, 0.1) is 13.3 Å². The molecule has 0 atom stereocenters. The molecule has 2 aromatic carbocycles. The van der Waals surface area contributed by atoms with Crippen molar-refractivity contribution in [3.05, 3.63) is 60.8 Å². The minimum Gasteiger partial charge on any atom is -0.497 e. The molecule has 0 aliphatic heterocycles. The van der Waals surface area contributed by atoms with E-state index in [0.29, 0.717) is 39.6 Å². The lowest BCUT2D eigenvalue weighted by Gasteiger charge is -2.11. The fraction of sp³-hybridized carbons (Fsp3) is 0.100. The number of anilines is 1. The summed E-state index contributed by atoms with van der Waals surface area (Å²) in [7, 11) is 3.31. The molecule has 0 fully saturated rings. The van der Waals surface area contributed by atoms with Crippen LogP contribution in [0.15, 0.2) is 55.0 Å². The Kier molecular flexibility index (Phi) is 4.33. The molecule has 134 valence electrons. The van der Waals surface area contributed by atoms with Crippen LogP contribution in [0.4, 0.5) is 10.2 Å². The molecular formula is C20H16FN5O. The second-order valence-electron chi connectivity index (χ2n) is 5.79. The summed E-state index contributed by atoms with van der Waals surface area (Å²) in [5, 5.41) is 3.59. The standard InChI is InChI=1S/C20H16FN5O/c1-22-19-15-7-6-14(12-4-3-5-13(10-12)27-2)17(21)18(15)25-20(26-19)16-11-23-8-9-24-16/h3-11H,1-2H3,(H,22,25,26). The van der Waals surface area contributed by atoms with E-state index in [0.717, 1.165) is 0 Å². The Hall–Kier alpha value is -3.61. The monoisotopic (exact) mass is 361 g/mol. The number of rotatable bonds is 4. The van der Waals surface area contributed by atoms with Crippen LogP contribution >= 0.6 is 0 Å². The summed E-state index contributed by atoms with van der Waals surface area (Å²) < 4.78 is 20.7. The van der Waals surface area contributed by atoms with Gasteiger partial charge in [0.25, 0.3) is 0 Å². The van der Waals surface area contributed by atoms with Crippen molar-refractivity contribution in [3.63, 3.8) is 0 Å². The van der Waals surface area contributed by atoms with E-state index in [1.54, 1.807) is 50.9 Å². The molecule has 0 aliphatic carbocycles. The molecule has 0 radical (unpaired) electrons. The third kappa shape index (κ3) is 3.03. The highest BCUT2D eigenvalue weighted by molar-refractivity contribution is 5.94. The predicted octanol–water partition coefficient (Wildman–Crippen LogP) is 3.94. The van der Waals surface area contributed by atoms with Crippen LogP contribution < -0.4 is 10.1 Å². The number of hydrogen-bond donors (Lipinski definition) is 1. The Labute approximate surface area is 155 Å². The summed E-state index contributed by atoms with van der Waals surface area (Å²) in [4.78, 5) is 17.1. The summed E-state index contributed by atoms with van der Waals surface area (Å²) in [6.07, 6.45) is 4.65. The fourth-order valence-corrected chi connectivity index (χ4v) is 2.90. The van der Waals surface area contributed by atoms with Gasteiger partial charge >= 0.3 is 0 Å². The molecule has 4 rings (SSSR count). The number of methoxy groups -OCH3 is 1. The minimum absolute atomic E-state index is 0.218. The molecule has 0 amide bonds. The third-order valence-electron chi connectivity index (χ3n) is 4.22. The molecule has 6 nitrogen and oxygen atoms in total. The topological polar surface area (TPSA) is 72.8 Å². The van der Waals surface area contributed by atoms with E-state index in [9.17, 15) is 0 Å². The molecule has 1 N–H and O–H groups in total. The smallest absolute Gasteiger partial charge is 0.182 e. The van der Waals surface area contributed by atoms with Crippen LogP contribution in [0, 0.1) is 5.82 Å². The maximum absolute atomic E-state index is 15.4. The molecule has 27 heavy (non-hydrogen) atoms. The van der Waals surface area contributed by atoms with Crippen molar-refractivity contribution in [2.24, 2.45) is 0 Å². The molecule has 0 aliphatic rings. The second-order valence-corrected chi connectivity index (χ2v) is 5.79. The molecule has 4 aromatic rings. The van der Waals surface area contributed by atoms with Gasteiger partial charge in [-0.05, 0) is 23.8 Å². The maximum atomic E-state index is 15.4. The van der Waals surface area contributed by atoms with Crippen molar-refractivity contribution in [1.82, 2.24) is 19.9 Å². The van der Waals surface area contributed by atoms with Crippen molar-refractivity contribution in [1.29, 1.82) is 0 Å². The van der Waals surface area contributed by atoms with Gasteiger partial charge in [0.15, 0.2) is 11.6 Å². The molecular weight excluding hydrogens is 345 g/mol. The van der Waals surface area contributed by atoms with Crippen molar-refractivity contribution < 1.29 is 9.13 Å². The lowest BCUT2D eigenvalue weighted by atomic mass is 10.0. The van der Waals surface area contributed by atoms with Gasteiger partial charge in [-0.25, -0.2) is 19.3 Å². The van der Waals surface area contributed by atoms with Gasteiger partial charge in [-0.3, -0.25) is 4.98 Å². The van der Waals surface area contributed by atoms with E-state index in [4.69, 9.17) is 4.74 Å². The number of benzene rings is 2. The van der Waals surface area contributed by atoms with Gasteiger partial charge in [0.1, 0.15) is 22.8 Å². The summed E-state index contributed by atoms with van der Waals surface area (Å²) >= 11 is 0. The first kappa shape index (κ1) is 16.8. The van der Waals surface area contributed by atoms with Gasteiger partial charge in [0.2, 0.25) is 0 Å². The average Bonchev–Trinajstić information content (AvgIpc) is 2.74. The van der Waals surface area contributed by atoms with Gasteiger partial charge < -0.3 is 10.1 Å². The van der Waals surface area contributed by atoms with E-state index in [1.165, 1.54) is 0 Å². The van der Waals surface area contributed by atoms with Crippen LogP contribution in [0.25, 0.3) is 33.5 Å². The Morgan fingerprint density at radius 3 is 2.70 bits per heavy atom. The zero-order valence-corrected chi connectivity index (χ0v) is 14.8. The number of aromatic nitrogens is 4. The highest BCUT2D eigenvalue weighted by Gasteiger charge is 2.16. The highest BCUT2D eigenvalue weighted by atomic mass is 19.1. The van der Waals surface area contributed by atoms with Crippen LogP contribution in [-0.4, -0.2) is 34.1 Å². The molecule has 2 aromatic heterocycles. The summed E-state index contributed by atoms with van der Waals surface area (Å²) in [6.45, 7) is 0. The minimum atomic E-state index is -0.426. The number of ether oxygens (including phenoxy) is 1. The van der Waals surface area contributed by atoms with Crippen molar-refractivity contribution in [2.75, 3.05) is 19.5 Å². The summed E-state index contributed by atoms with van der Waals surface area (Å²) in [5.41, 5.74) is 1.84. The average molecular weight is 361 g/mol. The van der Waals surface area contributed by atoms with E-state index in [-0.39, 0.29) is 5.52 Å². The number of hydrogen-bond acceptors (Lipinski definition) is 6. The zero-order chi connectivity index (χ0) is 18.8. The van der Waals surface area contributed by atoms with Gasteiger partial charge in [-0.2, -0.15) is 0 Å². The van der Waals surface area contributed by atoms with Crippen LogP contribution in [0.2, 0.25) is 0 Å². The van der Waals surface area contributed by atoms with Crippen molar-refractivity contribution >= 4 is 16.7 Å². The lowest BCUT2D eigenvalue weighted by molar-refractivity contribution is 0.415. The Morgan fingerprint density at radius 1 is 1.07 bits per heavy atom. The zero-order valence-electron chi connectivity index (χ0n) is 14.8. The van der Waals surface area contributed by atoms with Gasteiger partial charge in [0, 0.05) is 30.4 Å². The molecule has 0 saturated heterocycles. The Bertz CT molecular complexity index is 1120. The fourth-order valence-electron chi connectivity index (χ4n) is 2.90. The predicted molar refractivity (Wildman–Crippen MR) is 102 cm³/mol. The molecule has 0 saturated carbocycles. The van der Waals surface area contributed by atoms with E-state index in [2.05, 4.69) is 25.3 Å². The van der Waals surface area contributed by atoms with Crippen LogP contribution in [0.5, 0.6) is 5.75 Å².